The summed E-state index contributed by atoms with van der Waals surface area (Å²) in [5, 5.41) is 5.86. The molecule has 0 bridgehead atoms. The summed E-state index contributed by atoms with van der Waals surface area (Å²) in [6.45, 7) is 3.68. The van der Waals surface area contributed by atoms with Crippen molar-refractivity contribution in [3.8, 4) is 0 Å². The molecular weight excluding hydrogens is 233 g/mol. The number of rotatable bonds is 4. The van der Waals surface area contributed by atoms with E-state index in [1.54, 1.807) is 0 Å². The second-order valence-electron chi connectivity index (χ2n) is 4.56. The Morgan fingerprint density at radius 1 is 1.41 bits per heavy atom. The topological polar surface area (TPSA) is 41.1 Å². The summed E-state index contributed by atoms with van der Waals surface area (Å²) in [5.74, 6) is -0.139. The Kier molecular flexibility index (Phi) is 5.24. The highest BCUT2D eigenvalue weighted by atomic mass is 19.4. The largest absolute Gasteiger partial charge is 0.389 e. The van der Waals surface area contributed by atoms with Gasteiger partial charge in [0.15, 0.2) is 0 Å². The Morgan fingerprint density at radius 2 is 2.00 bits per heavy atom. The maximum Gasteiger partial charge on any atom is 0.389 e. The molecule has 1 saturated heterocycles. The van der Waals surface area contributed by atoms with Crippen molar-refractivity contribution >= 4 is 5.91 Å². The number of carbonyl (C=O) groups is 1. The van der Waals surface area contributed by atoms with Crippen molar-refractivity contribution in [1.82, 2.24) is 10.6 Å². The minimum absolute atomic E-state index is 0.0437. The Morgan fingerprint density at radius 3 is 2.53 bits per heavy atom. The molecule has 100 valence electrons. The molecule has 1 aliphatic rings. The zero-order valence-electron chi connectivity index (χ0n) is 9.94. The average Bonchev–Trinajstić information content (AvgIpc) is 2.27. The van der Waals surface area contributed by atoms with Gasteiger partial charge in [-0.15, -0.1) is 0 Å². The molecule has 0 spiro atoms. The van der Waals surface area contributed by atoms with E-state index in [1.807, 2.05) is 6.92 Å². The average molecular weight is 252 g/mol. The number of alkyl halides is 3. The van der Waals surface area contributed by atoms with Gasteiger partial charge in [0, 0.05) is 12.5 Å². The highest BCUT2D eigenvalue weighted by molar-refractivity contribution is 5.76. The number of carbonyl (C=O) groups excluding carboxylic acids is 1. The van der Waals surface area contributed by atoms with Gasteiger partial charge in [0.05, 0.1) is 6.42 Å². The van der Waals surface area contributed by atoms with Gasteiger partial charge in [0.2, 0.25) is 5.91 Å². The van der Waals surface area contributed by atoms with E-state index in [1.165, 1.54) is 0 Å². The van der Waals surface area contributed by atoms with Gasteiger partial charge >= 0.3 is 6.18 Å². The van der Waals surface area contributed by atoms with Gasteiger partial charge in [0.1, 0.15) is 0 Å². The van der Waals surface area contributed by atoms with Crippen molar-refractivity contribution in [2.75, 3.05) is 13.1 Å². The Bertz CT molecular complexity index is 250. The lowest BCUT2D eigenvalue weighted by Gasteiger charge is -2.28. The molecule has 1 aliphatic heterocycles. The zero-order valence-corrected chi connectivity index (χ0v) is 9.94. The Balaban J connectivity index is 2.25. The van der Waals surface area contributed by atoms with E-state index in [0.717, 1.165) is 25.9 Å². The van der Waals surface area contributed by atoms with Crippen molar-refractivity contribution in [3.63, 3.8) is 0 Å². The van der Waals surface area contributed by atoms with Gasteiger partial charge in [-0.05, 0) is 38.8 Å². The number of nitrogens with one attached hydrogen (secondary N) is 2. The molecule has 1 fully saturated rings. The van der Waals surface area contributed by atoms with E-state index >= 15 is 0 Å². The number of amides is 1. The minimum atomic E-state index is -4.25. The first-order valence-electron chi connectivity index (χ1n) is 5.95. The van der Waals surface area contributed by atoms with Gasteiger partial charge < -0.3 is 10.6 Å². The van der Waals surface area contributed by atoms with Gasteiger partial charge in [-0.25, -0.2) is 0 Å². The van der Waals surface area contributed by atoms with Crippen LogP contribution < -0.4 is 10.6 Å². The quantitative estimate of drug-likeness (QED) is 0.801. The highest BCUT2D eigenvalue weighted by Crippen LogP contribution is 2.21. The van der Waals surface area contributed by atoms with Crippen LogP contribution in [0.4, 0.5) is 13.2 Å². The fraction of sp³-hybridized carbons (Fsp3) is 0.909. The third-order valence-electron chi connectivity index (χ3n) is 3.12. The summed E-state index contributed by atoms with van der Waals surface area (Å²) in [7, 11) is 0. The van der Waals surface area contributed by atoms with E-state index in [4.69, 9.17) is 0 Å². The van der Waals surface area contributed by atoms with Gasteiger partial charge in [-0.2, -0.15) is 13.2 Å². The highest BCUT2D eigenvalue weighted by Gasteiger charge is 2.28. The number of hydrogen-bond acceptors (Lipinski definition) is 2. The van der Waals surface area contributed by atoms with Crippen LogP contribution in [0.1, 0.15) is 32.6 Å². The van der Waals surface area contributed by atoms with Crippen LogP contribution in [0.3, 0.4) is 0 Å². The molecule has 0 saturated carbocycles. The summed E-state index contributed by atoms with van der Waals surface area (Å²) in [6, 6.07) is -0.0437. The molecule has 3 nitrogen and oxygen atoms in total. The summed E-state index contributed by atoms with van der Waals surface area (Å²) < 4.78 is 35.8. The van der Waals surface area contributed by atoms with Gasteiger partial charge in [-0.1, -0.05) is 0 Å². The van der Waals surface area contributed by atoms with Crippen LogP contribution in [-0.4, -0.2) is 31.2 Å². The molecular formula is C11H19F3N2O. The molecule has 1 amide bonds. The number of hydrogen-bond donors (Lipinski definition) is 2. The van der Waals surface area contributed by atoms with E-state index in [0.29, 0.717) is 5.92 Å². The molecule has 2 N–H and O–H groups in total. The van der Waals surface area contributed by atoms with Crippen molar-refractivity contribution < 1.29 is 18.0 Å². The van der Waals surface area contributed by atoms with Crippen LogP contribution in [0.25, 0.3) is 0 Å². The summed E-state index contributed by atoms with van der Waals surface area (Å²) >= 11 is 0. The van der Waals surface area contributed by atoms with Crippen molar-refractivity contribution in [2.45, 2.75) is 44.8 Å². The first-order valence-corrected chi connectivity index (χ1v) is 5.95. The standard InChI is InChI=1S/C11H19F3N2O/c1-8(9-3-6-15-7-4-9)16-10(17)2-5-11(12,13)14/h8-9,15H,2-7H2,1H3,(H,16,17). The van der Waals surface area contributed by atoms with Crippen LogP contribution >= 0.6 is 0 Å². The Hall–Kier alpha value is -0.780. The fourth-order valence-corrected chi connectivity index (χ4v) is 2.04. The van der Waals surface area contributed by atoms with Gasteiger partial charge in [0.25, 0.3) is 0 Å². The lowest BCUT2D eigenvalue weighted by atomic mass is 9.91. The third-order valence-corrected chi connectivity index (χ3v) is 3.12. The smallest absolute Gasteiger partial charge is 0.353 e. The van der Waals surface area contributed by atoms with E-state index in [-0.39, 0.29) is 6.04 Å². The summed E-state index contributed by atoms with van der Waals surface area (Å²) in [5.41, 5.74) is 0. The summed E-state index contributed by atoms with van der Waals surface area (Å²) in [4.78, 5) is 11.3. The molecule has 0 aromatic heterocycles. The second-order valence-corrected chi connectivity index (χ2v) is 4.56. The predicted octanol–water partition coefficient (Wildman–Crippen LogP) is 1.83. The molecule has 1 heterocycles. The first-order chi connectivity index (χ1) is 7.88. The van der Waals surface area contributed by atoms with E-state index in [9.17, 15) is 18.0 Å². The predicted molar refractivity (Wildman–Crippen MR) is 58.5 cm³/mol. The molecule has 0 aromatic rings. The molecule has 1 rings (SSSR count). The summed E-state index contributed by atoms with van der Waals surface area (Å²) in [6.07, 6.45) is -3.85. The fourth-order valence-electron chi connectivity index (χ4n) is 2.04. The van der Waals surface area contributed by atoms with E-state index < -0.39 is 24.9 Å². The van der Waals surface area contributed by atoms with Crippen LogP contribution in [0.5, 0.6) is 0 Å². The second kappa shape index (κ2) is 6.23. The molecule has 6 heteroatoms. The number of halogens is 3. The van der Waals surface area contributed by atoms with Crippen molar-refractivity contribution in [1.29, 1.82) is 0 Å². The molecule has 0 aromatic carbocycles. The maximum absolute atomic E-state index is 11.9. The molecule has 0 aliphatic carbocycles. The lowest BCUT2D eigenvalue weighted by Crippen LogP contribution is -2.42. The van der Waals surface area contributed by atoms with Crippen LogP contribution in [-0.2, 0) is 4.79 Å². The molecule has 1 atom stereocenters. The SMILES string of the molecule is CC(NC(=O)CCC(F)(F)F)C1CCNCC1. The normalized spacial score (nSPS) is 20.0. The van der Waals surface area contributed by atoms with Crippen LogP contribution in [0.2, 0.25) is 0 Å². The zero-order chi connectivity index (χ0) is 12.9. The third kappa shape index (κ3) is 5.91. The van der Waals surface area contributed by atoms with Crippen molar-refractivity contribution in [3.05, 3.63) is 0 Å². The molecule has 1 unspecified atom stereocenters. The first kappa shape index (κ1) is 14.3. The monoisotopic (exact) mass is 252 g/mol. The van der Waals surface area contributed by atoms with Crippen LogP contribution in [0, 0.1) is 5.92 Å². The van der Waals surface area contributed by atoms with Gasteiger partial charge in [-0.3, -0.25) is 4.79 Å². The molecule has 0 radical (unpaired) electrons. The lowest BCUT2D eigenvalue weighted by molar-refractivity contribution is -0.144. The Labute approximate surface area is 99.1 Å². The molecule has 17 heavy (non-hydrogen) atoms. The maximum atomic E-state index is 11.9. The number of piperidine rings is 1. The minimum Gasteiger partial charge on any atom is -0.353 e. The van der Waals surface area contributed by atoms with Crippen molar-refractivity contribution in [2.24, 2.45) is 5.92 Å². The van der Waals surface area contributed by atoms with Crippen LogP contribution in [0.15, 0.2) is 0 Å². The van der Waals surface area contributed by atoms with E-state index in [2.05, 4.69) is 10.6 Å².